The molecule has 1 aliphatic rings. The number of halogens is 2. The maximum Gasteiger partial charge on any atom is 0.249 e. The Hall–Kier alpha value is -3.96. The van der Waals surface area contributed by atoms with E-state index in [1.807, 2.05) is 29.8 Å². The molecule has 5 aromatic rings. The lowest BCUT2D eigenvalue weighted by molar-refractivity contribution is -0.0919. The second kappa shape index (κ2) is 7.02. The number of rotatable bonds is 5. The molecule has 5 aromatic heterocycles. The number of pyridine rings is 1. The van der Waals surface area contributed by atoms with Gasteiger partial charge < -0.3 is 13.7 Å². The van der Waals surface area contributed by atoms with Crippen LogP contribution >= 0.6 is 0 Å². The molecule has 1 fully saturated rings. The predicted octanol–water partition coefficient (Wildman–Crippen LogP) is 3.40. The van der Waals surface area contributed by atoms with Crippen molar-refractivity contribution in [2.24, 2.45) is 0 Å². The summed E-state index contributed by atoms with van der Waals surface area (Å²) in [6.45, 7) is 2.11. The number of fused-ring (bicyclic) bond motifs is 2. The van der Waals surface area contributed by atoms with Crippen molar-refractivity contribution in [3.8, 4) is 17.0 Å². The number of ether oxygens (including phenoxy) is 1. The lowest BCUT2D eigenvalue weighted by Gasteiger charge is -2.32. The molecule has 0 spiro atoms. The minimum absolute atomic E-state index is 0.254. The second-order valence-corrected chi connectivity index (χ2v) is 8.10. The zero-order chi connectivity index (χ0) is 22.7. The lowest BCUT2D eigenvalue weighted by Crippen LogP contribution is -2.33. The SMILES string of the molecule is COc1ncnn2ccc(-c3cnc4nc(C)n(Cc5nnc(C6CC(F)(F)C6)o5)c4c3)c12. The van der Waals surface area contributed by atoms with Crippen LogP contribution in [0.25, 0.3) is 27.8 Å². The standard InChI is InChI=1S/C21H18F2N8O2/c1-11-27-18-15(30(11)9-16-28-29-19(33-16)13-6-21(22,23)7-13)5-12(8-24-18)14-3-4-31-17(14)20(32-2)25-10-26-31/h3-5,8,10,13H,6-7,9H2,1-2H3. The van der Waals surface area contributed by atoms with Crippen LogP contribution in [0.5, 0.6) is 5.88 Å². The minimum atomic E-state index is -2.64. The van der Waals surface area contributed by atoms with Gasteiger partial charge in [-0.3, -0.25) is 0 Å². The van der Waals surface area contributed by atoms with Crippen molar-refractivity contribution in [3.63, 3.8) is 0 Å². The van der Waals surface area contributed by atoms with Crippen molar-refractivity contribution in [1.29, 1.82) is 0 Å². The third kappa shape index (κ3) is 3.20. The second-order valence-electron chi connectivity index (χ2n) is 8.10. The normalized spacial score (nSPS) is 15.9. The molecule has 12 heteroatoms. The van der Waals surface area contributed by atoms with Gasteiger partial charge >= 0.3 is 0 Å². The average Bonchev–Trinajstić information content (AvgIpc) is 3.49. The first-order valence-corrected chi connectivity index (χ1v) is 10.3. The minimum Gasteiger partial charge on any atom is -0.479 e. The van der Waals surface area contributed by atoms with Gasteiger partial charge in [0.25, 0.3) is 0 Å². The molecular formula is C21H18F2N8O2. The molecule has 0 unspecified atom stereocenters. The molecule has 1 aliphatic carbocycles. The van der Waals surface area contributed by atoms with Gasteiger partial charge in [0, 0.05) is 42.3 Å². The van der Waals surface area contributed by atoms with Gasteiger partial charge in [-0.1, -0.05) is 0 Å². The summed E-state index contributed by atoms with van der Waals surface area (Å²) in [6.07, 6.45) is 4.48. The zero-order valence-corrected chi connectivity index (χ0v) is 17.7. The summed E-state index contributed by atoms with van der Waals surface area (Å²) >= 11 is 0. The van der Waals surface area contributed by atoms with E-state index < -0.39 is 11.8 Å². The monoisotopic (exact) mass is 452 g/mol. The number of hydrogen-bond acceptors (Lipinski definition) is 8. The van der Waals surface area contributed by atoms with E-state index in [0.717, 1.165) is 22.2 Å². The van der Waals surface area contributed by atoms with E-state index >= 15 is 0 Å². The van der Waals surface area contributed by atoms with E-state index in [9.17, 15) is 8.78 Å². The summed E-state index contributed by atoms with van der Waals surface area (Å²) in [4.78, 5) is 13.2. The van der Waals surface area contributed by atoms with Gasteiger partial charge in [-0.15, -0.1) is 10.2 Å². The Kier molecular flexibility index (Phi) is 4.19. The number of alkyl halides is 2. The quantitative estimate of drug-likeness (QED) is 0.399. The Bertz CT molecular complexity index is 1500. The molecule has 0 bridgehead atoms. The lowest BCUT2D eigenvalue weighted by atomic mass is 9.81. The molecular weight excluding hydrogens is 434 g/mol. The summed E-state index contributed by atoms with van der Waals surface area (Å²) in [5, 5.41) is 12.3. The summed E-state index contributed by atoms with van der Waals surface area (Å²) in [6, 6.07) is 3.88. The van der Waals surface area contributed by atoms with Crippen molar-refractivity contribution < 1.29 is 17.9 Å². The highest BCUT2D eigenvalue weighted by Gasteiger charge is 2.48. The molecule has 0 aliphatic heterocycles. The number of aryl methyl sites for hydroxylation is 1. The van der Waals surface area contributed by atoms with E-state index in [4.69, 9.17) is 9.15 Å². The fourth-order valence-electron chi connectivity index (χ4n) is 4.24. The highest BCUT2D eigenvalue weighted by Crippen LogP contribution is 2.47. The molecule has 5 heterocycles. The molecule has 0 radical (unpaired) electrons. The molecule has 33 heavy (non-hydrogen) atoms. The molecule has 6 rings (SSSR count). The highest BCUT2D eigenvalue weighted by atomic mass is 19.3. The van der Waals surface area contributed by atoms with Gasteiger partial charge in [0.15, 0.2) is 5.65 Å². The third-order valence-electron chi connectivity index (χ3n) is 5.94. The Morgan fingerprint density at radius 2 is 2.09 bits per heavy atom. The highest BCUT2D eigenvalue weighted by molar-refractivity contribution is 5.87. The molecule has 0 N–H and O–H groups in total. The number of methoxy groups -OCH3 is 1. The van der Waals surface area contributed by atoms with Gasteiger partial charge in [-0.25, -0.2) is 23.3 Å². The molecule has 168 valence electrons. The van der Waals surface area contributed by atoms with Gasteiger partial charge in [-0.2, -0.15) is 10.1 Å². The van der Waals surface area contributed by atoms with Gasteiger partial charge in [0.2, 0.25) is 23.6 Å². The molecule has 1 saturated carbocycles. The van der Waals surface area contributed by atoms with Crippen LogP contribution in [0.2, 0.25) is 0 Å². The van der Waals surface area contributed by atoms with E-state index in [0.29, 0.717) is 23.2 Å². The molecule has 0 aromatic carbocycles. The van der Waals surface area contributed by atoms with Crippen molar-refractivity contribution in [2.75, 3.05) is 7.11 Å². The Balaban J connectivity index is 1.37. The first-order valence-electron chi connectivity index (χ1n) is 10.3. The summed E-state index contributed by atoms with van der Waals surface area (Å²) in [5.74, 6) is -1.28. The maximum absolute atomic E-state index is 13.2. The predicted molar refractivity (Wildman–Crippen MR) is 111 cm³/mol. The number of hydrogen-bond donors (Lipinski definition) is 0. The first kappa shape index (κ1) is 19.7. The van der Waals surface area contributed by atoms with Crippen LogP contribution in [-0.2, 0) is 6.54 Å². The van der Waals surface area contributed by atoms with Gasteiger partial charge in [0.1, 0.15) is 24.2 Å². The van der Waals surface area contributed by atoms with Crippen LogP contribution in [0.1, 0.15) is 36.4 Å². The van der Waals surface area contributed by atoms with Crippen LogP contribution in [0.3, 0.4) is 0 Å². The summed E-state index contributed by atoms with van der Waals surface area (Å²) < 4.78 is 41.1. The van der Waals surface area contributed by atoms with Crippen LogP contribution in [-0.4, -0.2) is 52.4 Å². The van der Waals surface area contributed by atoms with Crippen LogP contribution < -0.4 is 4.74 Å². The van der Waals surface area contributed by atoms with Crippen molar-refractivity contribution in [1.82, 2.24) is 39.3 Å². The topological polar surface area (TPSA) is 109 Å². The first-order chi connectivity index (χ1) is 15.9. The van der Waals surface area contributed by atoms with Crippen LogP contribution in [0, 0.1) is 6.92 Å². The van der Waals surface area contributed by atoms with E-state index in [2.05, 4.69) is 30.2 Å². The zero-order valence-electron chi connectivity index (χ0n) is 17.7. The number of imidazole rings is 1. The van der Waals surface area contributed by atoms with Crippen LogP contribution in [0.4, 0.5) is 8.78 Å². The summed E-state index contributed by atoms with van der Waals surface area (Å²) in [5.41, 5.74) is 3.76. The van der Waals surface area contributed by atoms with Crippen molar-refractivity contribution in [2.45, 2.75) is 38.2 Å². The molecule has 10 nitrogen and oxygen atoms in total. The van der Waals surface area contributed by atoms with Crippen LogP contribution in [0.15, 0.2) is 35.3 Å². The Morgan fingerprint density at radius 1 is 1.24 bits per heavy atom. The Morgan fingerprint density at radius 3 is 2.88 bits per heavy atom. The molecule has 0 amide bonds. The van der Waals surface area contributed by atoms with E-state index in [1.54, 1.807) is 17.8 Å². The van der Waals surface area contributed by atoms with Gasteiger partial charge in [-0.05, 0) is 19.1 Å². The van der Waals surface area contributed by atoms with E-state index in [-0.39, 0.29) is 25.3 Å². The third-order valence-corrected chi connectivity index (χ3v) is 5.94. The van der Waals surface area contributed by atoms with E-state index in [1.165, 1.54) is 6.33 Å². The summed E-state index contributed by atoms with van der Waals surface area (Å²) in [7, 11) is 1.56. The molecule has 0 saturated heterocycles. The maximum atomic E-state index is 13.2. The largest absolute Gasteiger partial charge is 0.479 e. The van der Waals surface area contributed by atoms with Crippen molar-refractivity contribution in [3.05, 3.63) is 48.5 Å². The fraction of sp³-hybridized carbons (Fsp3) is 0.333. The smallest absolute Gasteiger partial charge is 0.249 e. The number of aromatic nitrogens is 8. The Labute approximate surface area is 185 Å². The molecule has 0 atom stereocenters. The number of nitrogens with zero attached hydrogens (tertiary/aromatic N) is 8. The van der Waals surface area contributed by atoms with Gasteiger partial charge in [0.05, 0.1) is 12.6 Å². The average molecular weight is 452 g/mol. The van der Waals surface area contributed by atoms with Crippen molar-refractivity contribution >= 4 is 16.7 Å². The fourth-order valence-corrected chi connectivity index (χ4v) is 4.24.